The maximum absolute atomic E-state index is 3.40. The van der Waals surface area contributed by atoms with Crippen molar-refractivity contribution in [2.24, 2.45) is 0 Å². The standard InChI is InChI=1S/C13H13/c1-9-8-12-6-4-5-7-13(12)11(3)10(9)2/h4-7H,1-3H3. The molecule has 0 aliphatic rings. The molecule has 0 heteroatoms. The van der Waals surface area contributed by atoms with E-state index in [-0.39, 0.29) is 0 Å². The molecule has 1 radical (unpaired) electrons. The molecular weight excluding hydrogens is 156 g/mol. The molecule has 0 aliphatic carbocycles. The Morgan fingerprint density at radius 2 is 1.62 bits per heavy atom. The first kappa shape index (κ1) is 8.31. The minimum Gasteiger partial charge on any atom is -0.0616 e. The van der Waals surface area contributed by atoms with E-state index in [1.165, 1.54) is 27.5 Å². The van der Waals surface area contributed by atoms with Gasteiger partial charge < -0.3 is 0 Å². The number of benzene rings is 2. The summed E-state index contributed by atoms with van der Waals surface area (Å²) in [6, 6.07) is 11.8. The molecule has 0 spiro atoms. The molecule has 0 saturated carbocycles. The highest BCUT2D eigenvalue weighted by molar-refractivity contribution is 5.86. The van der Waals surface area contributed by atoms with Crippen molar-refractivity contribution in [1.82, 2.24) is 0 Å². The van der Waals surface area contributed by atoms with Crippen LogP contribution in [0, 0.1) is 26.8 Å². The summed E-state index contributed by atoms with van der Waals surface area (Å²) in [5.41, 5.74) is 4.00. The molecule has 2 aromatic rings. The van der Waals surface area contributed by atoms with Crippen LogP contribution in [0.4, 0.5) is 0 Å². The maximum atomic E-state index is 3.40. The van der Waals surface area contributed by atoms with E-state index >= 15 is 0 Å². The van der Waals surface area contributed by atoms with Gasteiger partial charge in [0.15, 0.2) is 0 Å². The lowest BCUT2D eigenvalue weighted by atomic mass is 9.97. The van der Waals surface area contributed by atoms with Crippen LogP contribution in [0.25, 0.3) is 10.8 Å². The highest BCUT2D eigenvalue weighted by Gasteiger charge is 2.02. The van der Waals surface area contributed by atoms with Crippen LogP contribution < -0.4 is 0 Å². The third kappa shape index (κ3) is 1.23. The normalized spacial score (nSPS) is 10.7. The van der Waals surface area contributed by atoms with Crippen molar-refractivity contribution < 1.29 is 0 Å². The predicted octanol–water partition coefficient (Wildman–Crippen LogP) is 3.57. The van der Waals surface area contributed by atoms with Crippen LogP contribution in [0.15, 0.2) is 24.3 Å². The Kier molecular flexibility index (Phi) is 1.84. The number of fused-ring (bicyclic) bond motifs is 1. The number of aryl methyl sites for hydroxylation is 2. The third-order valence-corrected chi connectivity index (χ3v) is 2.78. The van der Waals surface area contributed by atoms with E-state index in [9.17, 15) is 0 Å². The van der Waals surface area contributed by atoms with Gasteiger partial charge in [-0.3, -0.25) is 0 Å². The van der Waals surface area contributed by atoms with Crippen LogP contribution in [0.3, 0.4) is 0 Å². The molecule has 13 heavy (non-hydrogen) atoms. The van der Waals surface area contributed by atoms with E-state index in [0.717, 1.165) is 0 Å². The fourth-order valence-corrected chi connectivity index (χ4v) is 1.70. The van der Waals surface area contributed by atoms with Crippen LogP contribution >= 0.6 is 0 Å². The fraction of sp³-hybridized carbons (Fsp3) is 0.231. The molecule has 0 amide bonds. The van der Waals surface area contributed by atoms with Crippen LogP contribution in [-0.2, 0) is 0 Å². The molecule has 0 N–H and O–H groups in total. The van der Waals surface area contributed by atoms with E-state index in [1.807, 2.05) is 0 Å². The smallest absolute Gasteiger partial charge is 0.00643 e. The summed E-state index contributed by atoms with van der Waals surface area (Å²) < 4.78 is 0. The fourth-order valence-electron chi connectivity index (χ4n) is 1.70. The van der Waals surface area contributed by atoms with Gasteiger partial charge in [-0.05, 0) is 54.3 Å². The summed E-state index contributed by atoms with van der Waals surface area (Å²) in [5.74, 6) is 0. The van der Waals surface area contributed by atoms with Gasteiger partial charge in [0.2, 0.25) is 0 Å². The lowest BCUT2D eigenvalue weighted by Crippen LogP contribution is -1.88. The van der Waals surface area contributed by atoms with E-state index in [2.05, 4.69) is 51.1 Å². The average molecular weight is 169 g/mol. The zero-order valence-corrected chi connectivity index (χ0v) is 8.31. The van der Waals surface area contributed by atoms with Gasteiger partial charge in [-0.2, -0.15) is 0 Å². The summed E-state index contributed by atoms with van der Waals surface area (Å²) in [5, 5.41) is 2.55. The molecule has 0 saturated heterocycles. The second-order valence-electron chi connectivity index (χ2n) is 3.55. The van der Waals surface area contributed by atoms with Gasteiger partial charge in [-0.15, -0.1) is 0 Å². The molecule has 0 nitrogen and oxygen atoms in total. The van der Waals surface area contributed by atoms with Gasteiger partial charge in [-0.25, -0.2) is 0 Å². The molecule has 0 heterocycles. The highest BCUT2D eigenvalue weighted by atomic mass is 14.1. The molecule has 0 aromatic heterocycles. The maximum Gasteiger partial charge on any atom is -0.00643 e. The number of hydrogen-bond acceptors (Lipinski definition) is 0. The number of hydrogen-bond donors (Lipinski definition) is 0. The summed E-state index contributed by atoms with van der Waals surface area (Å²) in [6.45, 7) is 6.46. The van der Waals surface area contributed by atoms with E-state index < -0.39 is 0 Å². The molecule has 0 atom stereocenters. The Hall–Kier alpha value is -1.30. The zero-order chi connectivity index (χ0) is 9.42. The zero-order valence-electron chi connectivity index (χ0n) is 8.31. The van der Waals surface area contributed by atoms with E-state index in [0.29, 0.717) is 0 Å². The average Bonchev–Trinajstić information content (AvgIpc) is 2.15. The molecule has 0 fully saturated rings. The lowest BCUT2D eigenvalue weighted by molar-refractivity contribution is 1.29. The lowest BCUT2D eigenvalue weighted by Gasteiger charge is -2.08. The summed E-state index contributed by atoms with van der Waals surface area (Å²) in [7, 11) is 0. The molecule has 0 unspecified atom stereocenters. The Balaban J connectivity index is 2.94. The molecule has 0 bridgehead atoms. The molecule has 65 valence electrons. The Labute approximate surface area is 79.2 Å². The van der Waals surface area contributed by atoms with Gasteiger partial charge >= 0.3 is 0 Å². The summed E-state index contributed by atoms with van der Waals surface area (Å²) in [6.07, 6.45) is 0. The molecular formula is C13H13. The van der Waals surface area contributed by atoms with Gasteiger partial charge in [0.1, 0.15) is 0 Å². The molecule has 0 aliphatic heterocycles. The van der Waals surface area contributed by atoms with Crippen molar-refractivity contribution in [1.29, 1.82) is 0 Å². The van der Waals surface area contributed by atoms with E-state index in [1.54, 1.807) is 0 Å². The van der Waals surface area contributed by atoms with Crippen LogP contribution in [-0.4, -0.2) is 0 Å². The van der Waals surface area contributed by atoms with Gasteiger partial charge in [0.25, 0.3) is 0 Å². The number of rotatable bonds is 0. The van der Waals surface area contributed by atoms with Crippen molar-refractivity contribution >= 4 is 10.8 Å². The van der Waals surface area contributed by atoms with Crippen LogP contribution in [0.1, 0.15) is 16.7 Å². The second kappa shape index (κ2) is 2.88. The Bertz CT molecular complexity index is 453. The van der Waals surface area contributed by atoms with Crippen molar-refractivity contribution in [3.63, 3.8) is 0 Å². The highest BCUT2D eigenvalue weighted by Crippen LogP contribution is 2.23. The Morgan fingerprint density at radius 1 is 0.923 bits per heavy atom. The first-order valence-corrected chi connectivity index (χ1v) is 4.58. The molecule has 2 rings (SSSR count). The second-order valence-corrected chi connectivity index (χ2v) is 3.55. The van der Waals surface area contributed by atoms with Gasteiger partial charge in [-0.1, -0.05) is 24.3 Å². The summed E-state index contributed by atoms with van der Waals surface area (Å²) in [4.78, 5) is 0. The Morgan fingerprint density at radius 3 is 2.38 bits per heavy atom. The first-order chi connectivity index (χ1) is 6.20. The minimum absolute atomic E-state index is 1.23. The van der Waals surface area contributed by atoms with Crippen molar-refractivity contribution in [2.45, 2.75) is 20.8 Å². The predicted molar refractivity (Wildman–Crippen MR) is 57.0 cm³/mol. The van der Waals surface area contributed by atoms with Crippen molar-refractivity contribution in [3.05, 3.63) is 47.0 Å². The summed E-state index contributed by atoms with van der Waals surface area (Å²) >= 11 is 0. The van der Waals surface area contributed by atoms with Gasteiger partial charge in [0.05, 0.1) is 0 Å². The minimum atomic E-state index is 1.23. The van der Waals surface area contributed by atoms with E-state index in [4.69, 9.17) is 0 Å². The topological polar surface area (TPSA) is 0 Å². The third-order valence-electron chi connectivity index (χ3n) is 2.78. The van der Waals surface area contributed by atoms with Gasteiger partial charge in [0, 0.05) is 0 Å². The molecule has 2 aromatic carbocycles. The van der Waals surface area contributed by atoms with Crippen molar-refractivity contribution in [3.8, 4) is 0 Å². The van der Waals surface area contributed by atoms with Crippen molar-refractivity contribution in [2.75, 3.05) is 0 Å². The first-order valence-electron chi connectivity index (χ1n) is 4.58. The largest absolute Gasteiger partial charge is 0.0616 e. The SMILES string of the molecule is Cc1[c]c2ccccc2c(C)c1C. The quantitative estimate of drug-likeness (QED) is 0.565. The van der Waals surface area contributed by atoms with Crippen LogP contribution in [0.2, 0.25) is 0 Å². The monoisotopic (exact) mass is 169 g/mol. The van der Waals surface area contributed by atoms with Crippen LogP contribution in [0.5, 0.6) is 0 Å².